The molecule has 5 fully saturated rings. The number of aryl methyl sites for hydroxylation is 2. The summed E-state index contributed by atoms with van der Waals surface area (Å²) in [7, 11) is -2.65. The molecule has 4 aliphatic heterocycles. The van der Waals surface area contributed by atoms with Crippen LogP contribution in [0.15, 0.2) is 70.1 Å². The van der Waals surface area contributed by atoms with E-state index >= 15 is 0 Å². The molecule has 6 aromatic rings. The third-order valence-corrected chi connectivity index (χ3v) is 19.6. The van der Waals surface area contributed by atoms with Gasteiger partial charge in [0.1, 0.15) is 24.8 Å². The number of ether oxygens (including phenoxy) is 1. The van der Waals surface area contributed by atoms with Crippen LogP contribution in [0.4, 0.5) is 28.8 Å². The lowest BCUT2D eigenvalue weighted by Crippen LogP contribution is -2.53. The minimum atomic E-state index is -2.65. The molecule has 378 valence electrons. The molecule has 3 aromatic heterocycles. The normalized spacial score (nSPS) is 20.1. The van der Waals surface area contributed by atoms with Crippen molar-refractivity contribution < 1.29 is 18.9 Å². The van der Waals surface area contributed by atoms with E-state index in [0.717, 1.165) is 158 Å². The number of carbonyl (C=O) groups excluding carboxylic acids is 2. The second-order valence-electron chi connectivity index (χ2n) is 20.3. The minimum Gasteiger partial charge on any atom is -0.492 e. The van der Waals surface area contributed by atoms with Gasteiger partial charge in [-0.2, -0.15) is 4.98 Å². The van der Waals surface area contributed by atoms with E-state index in [1.54, 1.807) is 10.8 Å². The molecular formula is C54H65BrN11O5P. The molecule has 18 heteroatoms. The zero-order valence-electron chi connectivity index (χ0n) is 41.6. The number of imide groups is 1. The lowest BCUT2D eigenvalue weighted by atomic mass is 10.00. The van der Waals surface area contributed by atoms with Crippen molar-refractivity contribution in [3.05, 3.63) is 92.6 Å². The first-order valence-electron chi connectivity index (χ1n) is 26.1. The van der Waals surface area contributed by atoms with Crippen LogP contribution in [0.1, 0.15) is 94.1 Å². The number of amides is 2. The van der Waals surface area contributed by atoms with Gasteiger partial charge in [0.25, 0.3) is 0 Å². The van der Waals surface area contributed by atoms with Gasteiger partial charge < -0.3 is 29.7 Å². The number of imidazole rings is 1. The highest BCUT2D eigenvalue weighted by molar-refractivity contribution is 9.10. The Kier molecular flexibility index (Phi) is 13.8. The Labute approximate surface area is 428 Å². The summed E-state index contributed by atoms with van der Waals surface area (Å²) in [4.78, 5) is 61.0. The number of halogens is 1. The third-order valence-electron chi connectivity index (χ3n) is 15.7. The number of rotatable bonds is 15. The molecule has 1 atom stereocenters. The molecule has 11 rings (SSSR count). The Hall–Kier alpha value is -5.61. The fourth-order valence-electron chi connectivity index (χ4n) is 11.8. The van der Waals surface area contributed by atoms with E-state index in [4.69, 9.17) is 14.7 Å². The SMILES string of the molecule is CCOc1cc(N2CCC(N3CCN(CCc4cccc5c4n(C4CC4)c(=O)n5C4CCC(=O)NC4=O)CC3)CC2)c(C)cc1Nc1ncc(Br)c(Nc2ccc3nc(CC)ccc3c2P2(=O)CCCC2)n1. The van der Waals surface area contributed by atoms with Crippen LogP contribution >= 0.6 is 23.1 Å². The number of para-hydroxylation sites is 1. The fraction of sp³-hybridized carbons (Fsp3) is 0.481. The highest BCUT2D eigenvalue weighted by Crippen LogP contribution is 2.54. The van der Waals surface area contributed by atoms with Gasteiger partial charge in [0.2, 0.25) is 17.8 Å². The Morgan fingerprint density at radius 3 is 2.38 bits per heavy atom. The van der Waals surface area contributed by atoms with Crippen molar-refractivity contribution in [1.82, 2.24) is 39.2 Å². The van der Waals surface area contributed by atoms with Crippen LogP contribution in [0.25, 0.3) is 21.9 Å². The van der Waals surface area contributed by atoms with Gasteiger partial charge in [-0.05, 0) is 129 Å². The van der Waals surface area contributed by atoms with E-state index in [1.807, 2.05) is 41.8 Å². The molecule has 0 spiro atoms. The number of nitrogens with zero attached hydrogens (tertiary/aromatic N) is 8. The Balaban J connectivity index is 0.726. The van der Waals surface area contributed by atoms with E-state index in [1.165, 1.54) is 5.69 Å². The van der Waals surface area contributed by atoms with E-state index in [9.17, 15) is 18.9 Å². The van der Waals surface area contributed by atoms with E-state index in [0.29, 0.717) is 47.6 Å². The summed E-state index contributed by atoms with van der Waals surface area (Å²) < 4.78 is 25.1. The van der Waals surface area contributed by atoms with Crippen LogP contribution in [0.3, 0.4) is 0 Å². The van der Waals surface area contributed by atoms with Crippen molar-refractivity contribution in [2.75, 3.05) is 80.3 Å². The molecule has 0 radical (unpaired) electrons. The number of pyridine rings is 1. The van der Waals surface area contributed by atoms with E-state index in [2.05, 4.69) is 89.7 Å². The van der Waals surface area contributed by atoms with Gasteiger partial charge in [-0.15, -0.1) is 0 Å². The first-order chi connectivity index (χ1) is 35.0. The van der Waals surface area contributed by atoms with E-state index < -0.39 is 13.2 Å². The van der Waals surface area contributed by atoms with Crippen molar-refractivity contribution in [3.8, 4) is 5.75 Å². The van der Waals surface area contributed by atoms with Crippen molar-refractivity contribution in [2.24, 2.45) is 0 Å². The van der Waals surface area contributed by atoms with Gasteiger partial charge >= 0.3 is 5.69 Å². The predicted molar refractivity (Wildman–Crippen MR) is 289 cm³/mol. The second kappa shape index (κ2) is 20.4. The molecule has 2 amide bonds. The zero-order valence-corrected chi connectivity index (χ0v) is 44.1. The minimum absolute atomic E-state index is 0.140. The molecule has 1 saturated carbocycles. The molecule has 3 aromatic carbocycles. The fourth-order valence-corrected chi connectivity index (χ4v) is 15.4. The molecule has 0 bridgehead atoms. The number of carbonyl (C=O) groups is 2. The van der Waals surface area contributed by atoms with Gasteiger partial charge in [-0.3, -0.25) is 33.9 Å². The average molecular weight is 1060 g/mol. The molecular weight excluding hydrogens is 994 g/mol. The number of fused-ring (bicyclic) bond motifs is 2. The number of piperidine rings is 2. The summed E-state index contributed by atoms with van der Waals surface area (Å²) in [6.45, 7) is 13.6. The first kappa shape index (κ1) is 48.6. The molecule has 5 aliphatic rings. The number of benzene rings is 3. The van der Waals surface area contributed by atoms with Crippen LogP contribution in [0.2, 0.25) is 0 Å². The van der Waals surface area contributed by atoms with Crippen LogP contribution in [-0.2, 0) is 27.0 Å². The number of hydrogen-bond acceptors (Lipinski definition) is 13. The largest absolute Gasteiger partial charge is 0.492 e. The Morgan fingerprint density at radius 1 is 0.847 bits per heavy atom. The van der Waals surface area contributed by atoms with Gasteiger partial charge in [-0.25, -0.2) is 9.78 Å². The molecule has 1 unspecified atom stereocenters. The molecule has 1 aliphatic carbocycles. The maximum Gasteiger partial charge on any atom is 0.330 e. The summed E-state index contributed by atoms with van der Waals surface area (Å²) in [6.07, 6.45) is 11.4. The molecule has 7 heterocycles. The number of piperazine rings is 1. The molecule has 3 N–H and O–H groups in total. The number of nitrogens with one attached hydrogen (secondary N) is 3. The summed E-state index contributed by atoms with van der Waals surface area (Å²) >= 11 is 3.69. The topological polar surface area (TPSA) is 172 Å². The van der Waals surface area contributed by atoms with Crippen molar-refractivity contribution in [2.45, 2.75) is 103 Å². The van der Waals surface area contributed by atoms with Gasteiger partial charge in [0, 0.05) is 111 Å². The lowest BCUT2D eigenvalue weighted by Gasteiger charge is -2.43. The maximum absolute atomic E-state index is 14.6. The van der Waals surface area contributed by atoms with Crippen LogP contribution in [0.5, 0.6) is 5.75 Å². The molecule has 72 heavy (non-hydrogen) atoms. The lowest BCUT2D eigenvalue weighted by molar-refractivity contribution is -0.135. The third kappa shape index (κ3) is 9.57. The highest BCUT2D eigenvalue weighted by Gasteiger charge is 2.37. The van der Waals surface area contributed by atoms with Gasteiger partial charge in [-0.1, -0.05) is 25.1 Å². The summed E-state index contributed by atoms with van der Waals surface area (Å²) in [5, 5.41) is 11.3. The van der Waals surface area contributed by atoms with Crippen LogP contribution < -0.4 is 36.6 Å². The summed E-state index contributed by atoms with van der Waals surface area (Å²) in [6, 6.07) is 18.5. The first-order valence-corrected chi connectivity index (χ1v) is 29.0. The van der Waals surface area contributed by atoms with Crippen molar-refractivity contribution >= 4 is 91.0 Å². The standard InChI is InChI=1S/C54H65BrN11O5P/c1-4-36-11-14-39-41(57-36)15-16-42(50(39)72(70)29-6-7-30-72)58-51-40(55)33-56-53(61-51)59-43-31-34(3)46(32-47(43)71-5-2)64-23-20-37(21-24-64)63-27-25-62(26-28-63)22-19-35-9-8-10-44-49(35)65(38-12-13-38)54(69)66(44)45-17-18-48(67)60-52(45)68/h8-11,14-16,31-33,37-38,45H,4-7,12-13,17-30H2,1-3H3,(H,60,67,68)(H2,56,58,59,61). The van der Waals surface area contributed by atoms with Gasteiger partial charge in [0.15, 0.2) is 0 Å². The second-order valence-corrected chi connectivity index (χ2v) is 24.3. The van der Waals surface area contributed by atoms with Crippen LogP contribution in [-0.4, -0.2) is 116 Å². The smallest absolute Gasteiger partial charge is 0.330 e. The van der Waals surface area contributed by atoms with E-state index in [-0.39, 0.29) is 30.0 Å². The average Bonchev–Trinajstić information content (AvgIpc) is 4.05. The quantitative estimate of drug-likeness (QED) is 0.0661. The molecule has 4 saturated heterocycles. The number of hydrogen-bond donors (Lipinski definition) is 3. The number of anilines is 5. The van der Waals surface area contributed by atoms with Crippen molar-refractivity contribution in [1.29, 1.82) is 0 Å². The summed E-state index contributed by atoms with van der Waals surface area (Å²) in [5.41, 5.74) is 8.52. The molecule has 16 nitrogen and oxygen atoms in total. The monoisotopic (exact) mass is 1060 g/mol. The van der Waals surface area contributed by atoms with Crippen molar-refractivity contribution in [3.63, 3.8) is 0 Å². The Bertz CT molecular complexity index is 3160. The summed E-state index contributed by atoms with van der Waals surface area (Å²) in [5.74, 6) is 1.06. The van der Waals surface area contributed by atoms with Gasteiger partial charge in [0.05, 0.1) is 39.0 Å². The Morgan fingerprint density at radius 2 is 1.64 bits per heavy atom. The maximum atomic E-state index is 14.6. The predicted octanol–water partition coefficient (Wildman–Crippen LogP) is 8.58. The zero-order chi connectivity index (χ0) is 49.7. The highest BCUT2D eigenvalue weighted by atomic mass is 79.9. The number of aromatic nitrogens is 5. The van der Waals surface area contributed by atoms with Crippen LogP contribution in [0, 0.1) is 6.92 Å².